The molecule has 0 atom stereocenters. The van der Waals surface area contributed by atoms with Crippen LogP contribution in [0.2, 0.25) is 0 Å². The van der Waals surface area contributed by atoms with Crippen LogP contribution >= 0.6 is 0 Å². The van der Waals surface area contributed by atoms with Crippen LogP contribution in [0.25, 0.3) is 0 Å². The number of carbonyl (C=O) groups is 1. The van der Waals surface area contributed by atoms with Gasteiger partial charge in [0.25, 0.3) is 5.91 Å². The third-order valence-electron chi connectivity index (χ3n) is 2.30. The molecule has 1 aromatic rings. The second kappa shape index (κ2) is 6.25. The molecule has 0 aliphatic rings. The molecule has 94 valence electrons. The molecule has 0 bridgehead atoms. The summed E-state index contributed by atoms with van der Waals surface area (Å²) in [5, 5.41) is 9.39. The Morgan fingerprint density at radius 1 is 1.47 bits per heavy atom. The maximum Gasteiger partial charge on any atom is 0.252 e. The molecule has 0 saturated heterocycles. The number of phenols is 1. The summed E-state index contributed by atoms with van der Waals surface area (Å²) in [5.74, 6) is 0.0466. The van der Waals surface area contributed by atoms with E-state index in [0.717, 1.165) is 0 Å². The second-order valence-electron chi connectivity index (χ2n) is 4.02. The molecule has 0 spiro atoms. The molecule has 4 heteroatoms. The van der Waals surface area contributed by atoms with Gasteiger partial charge in [-0.05, 0) is 32.9 Å². The number of hydrogen-bond acceptors (Lipinski definition) is 3. The van der Waals surface area contributed by atoms with E-state index in [1.54, 1.807) is 29.2 Å². The smallest absolute Gasteiger partial charge is 0.252 e. The molecule has 0 heterocycles. The Hall–Kier alpha value is -1.55. The quantitative estimate of drug-likeness (QED) is 0.853. The highest BCUT2D eigenvalue weighted by Crippen LogP contribution is 2.20. The summed E-state index contributed by atoms with van der Waals surface area (Å²) in [6, 6.07) is 6.64. The first-order valence-corrected chi connectivity index (χ1v) is 5.75. The van der Waals surface area contributed by atoms with Gasteiger partial charge in [0.1, 0.15) is 12.4 Å². The highest BCUT2D eigenvalue weighted by Gasteiger charge is 2.14. The zero-order valence-electron chi connectivity index (χ0n) is 10.5. The van der Waals surface area contributed by atoms with Gasteiger partial charge < -0.3 is 14.7 Å². The number of amides is 1. The fourth-order valence-corrected chi connectivity index (χ4v) is 1.48. The fraction of sp³-hybridized carbons (Fsp3) is 0.462. The van der Waals surface area contributed by atoms with E-state index in [0.29, 0.717) is 12.2 Å². The van der Waals surface area contributed by atoms with Gasteiger partial charge in [-0.2, -0.15) is 0 Å². The summed E-state index contributed by atoms with van der Waals surface area (Å²) in [6.07, 6.45) is 0.0295. The van der Waals surface area contributed by atoms with Crippen LogP contribution in [0, 0.1) is 0 Å². The van der Waals surface area contributed by atoms with Crippen molar-refractivity contribution in [2.24, 2.45) is 0 Å². The van der Waals surface area contributed by atoms with Gasteiger partial charge in [-0.1, -0.05) is 6.07 Å². The van der Waals surface area contributed by atoms with Crippen LogP contribution in [0.4, 0.5) is 5.69 Å². The Bertz CT molecular complexity index is 377. The Morgan fingerprint density at radius 2 is 2.18 bits per heavy atom. The molecule has 0 aliphatic heterocycles. The van der Waals surface area contributed by atoms with Crippen molar-refractivity contribution in [1.82, 2.24) is 0 Å². The molecule has 1 amide bonds. The standard InChI is InChI=1S/C13H19NO3/c1-4-14(13(16)9-17-10(2)3)11-6-5-7-12(15)8-11/h5-8,10,15H,4,9H2,1-3H3. The Kier molecular flexibility index (Phi) is 4.97. The van der Waals surface area contributed by atoms with E-state index in [-0.39, 0.29) is 24.4 Å². The molecule has 4 nitrogen and oxygen atoms in total. The van der Waals surface area contributed by atoms with E-state index in [1.165, 1.54) is 0 Å². The number of benzene rings is 1. The third kappa shape index (κ3) is 4.07. The predicted molar refractivity (Wildman–Crippen MR) is 67.2 cm³/mol. The van der Waals surface area contributed by atoms with Gasteiger partial charge in [-0.15, -0.1) is 0 Å². The number of likely N-dealkylation sites (N-methyl/N-ethyl adjacent to an activating group) is 1. The van der Waals surface area contributed by atoms with Crippen molar-refractivity contribution in [3.8, 4) is 5.75 Å². The van der Waals surface area contributed by atoms with Crippen LogP contribution in [0.5, 0.6) is 5.75 Å². The van der Waals surface area contributed by atoms with Gasteiger partial charge in [0.15, 0.2) is 0 Å². The lowest BCUT2D eigenvalue weighted by Gasteiger charge is -2.21. The highest BCUT2D eigenvalue weighted by molar-refractivity contribution is 5.94. The van der Waals surface area contributed by atoms with Crippen LogP contribution in [0.15, 0.2) is 24.3 Å². The average molecular weight is 237 g/mol. The summed E-state index contributed by atoms with van der Waals surface area (Å²) in [5.41, 5.74) is 0.685. The molecular weight excluding hydrogens is 218 g/mol. The molecule has 17 heavy (non-hydrogen) atoms. The van der Waals surface area contributed by atoms with E-state index >= 15 is 0 Å². The van der Waals surface area contributed by atoms with Crippen molar-refractivity contribution in [3.63, 3.8) is 0 Å². The summed E-state index contributed by atoms with van der Waals surface area (Å²) >= 11 is 0. The van der Waals surface area contributed by atoms with Gasteiger partial charge in [-0.3, -0.25) is 4.79 Å². The van der Waals surface area contributed by atoms with Gasteiger partial charge >= 0.3 is 0 Å². The van der Waals surface area contributed by atoms with E-state index in [2.05, 4.69) is 0 Å². The molecular formula is C13H19NO3. The molecule has 0 radical (unpaired) electrons. The Labute approximate surface area is 102 Å². The van der Waals surface area contributed by atoms with Crippen molar-refractivity contribution in [3.05, 3.63) is 24.3 Å². The number of carbonyl (C=O) groups excluding carboxylic acids is 1. The second-order valence-corrected chi connectivity index (χ2v) is 4.02. The number of anilines is 1. The molecule has 0 aromatic heterocycles. The molecule has 0 unspecified atom stereocenters. The van der Waals surface area contributed by atoms with Crippen molar-refractivity contribution in [1.29, 1.82) is 0 Å². The Morgan fingerprint density at radius 3 is 2.71 bits per heavy atom. The number of ether oxygens (including phenoxy) is 1. The SMILES string of the molecule is CCN(C(=O)COC(C)C)c1cccc(O)c1. The monoisotopic (exact) mass is 237 g/mol. The molecule has 1 rings (SSSR count). The van der Waals surface area contributed by atoms with Crippen molar-refractivity contribution < 1.29 is 14.6 Å². The molecule has 1 N–H and O–H groups in total. The third-order valence-corrected chi connectivity index (χ3v) is 2.30. The number of aromatic hydroxyl groups is 1. The number of phenolic OH excluding ortho intramolecular Hbond substituents is 1. The number of nitrogens with zero attached hydrogens (tertiary/aromatic N) is 1. The van der Waals surface area contributed by atoms with Gasteiger partial charge in [0.2, 0.25) is 0 Å². The fourth-order valence-electron chi connectivity index (χ4n) is 1.48. The highest BCUT2D eigenvalue weighted by atomic mass is 16.5. The van der Waals surface area contributed by atoms with Gasteiger partial charge in [0, 0.05) is 18.3 Å². The van der Waals surface area contributed by atoms with Crippen LogP contribution in [-0.2, 0) is 9.53 Å². The maximum atomic E-state index is 11.9. The maximum absolute atomic E-state index is 11.9. The lowest BCUT2D eigenvalue weighted by Crippen LogP contribution is -2.34. The van der Waals surface area contributed by atoms with Crippen molar-refractivity contribution in [2.75, 3.05) is 18.1 Å². The number of hydrogen-bond donors (Lipinski definition) is 1. The summed E-state index contributed by atoms with van der Waals surface area (Å²) < 4.78 is 5.28. The van der Waals surface area contributed by atoms with Crippen LogP contribution < -0.4 is 4.90 Å². The zero-order chi connectivity index (χ0) is 12.8. The largest absolute Gasteiger partial charge is 0.508 e. The van der Waals surface area contributed by atoms with E-state index < -0.39 is 0 Å². The normalized spacial score (nSPS) is 10.6. The van der Waals surface area contributed by atoms with Crippen LogP contribution in [0.3, 0.4) is 0 Å². The van der Waals surface area contributed by atoms with E-state index in [1.807, 2.05) is 20.8 Å². The first-order chi connectivity index (χ1) is 8.04. The van der Waals surface area contributed by atoms with Crippen LogP contribution in [0.1, 0.15) is 20.8 Å². The molecule has 1 aromatic carbocycles. The average Bonchev–Trinajstić information content (AvgIpc) is 2.27. The molecule has 0 aliphatic carbocycles. The minimum absolute atomic E-state index is 0.0295. The number of rotatable bonds is 5. The van der Waals surface area contributed by atoms with Gasteiger partial charge in [0.05, 0.1) is 6.10 Å². The first-order valence-electron chi connectivity index (χ1n) is 5.75. The first kappa shape index (κ1) is 13.5. The molecule has 0 fully saturated rings. The predicted octanol–water partition coefficient (Wildman–Crippen LogP) is 2.17. The summed E-state index contributed by atoms with van der Waals surface area (Å²) in [4.78, 5) is 13.5. The zero-order valence-corrected chi connectivity index (χ0v) is 10.5. The van der Waals surface area contributed by atoms with Gasteiger partial charge in [-0.25, -0.2) is 0 Å². The topological polar surface area (TPSA) is 49.8 Å². The van der Waals surface area contributed by atoms with Crippen molar-refractivity contribution in [2.45, 2.75) is 26.9 Å². The Balaban J connectivity index is 2.74. The molecule has 0 saturated carbocycles. The lowest BCUT2D eigenvalue weighted by molar-refractivity contribution is -0.124. The lowest BCUT2D eigenvalue weighted by atomic mass is 10.2. The van der Waals surface area contributed by atoms with Crippen molar-refractivity contribution >= 4 is 11.6 Å². The van der Waals surface area contributed by atoms with E-state index in [4.69, 9.17) is 4.74 Å². The summed E-state index contributed by atoms with van der Waals surface area (Å²) in [7, 11) is 0. The van der Waals surface area contributed by atoms with E-state index in [9.17, 15) is 9.90 Å². The van der Waals surface area contributed by atoms with Crippen LogP contribution in [-0.4, -0.2) is 30.3 Å². The minimum atomic E-state index is -0.105. The summed E-state index contributed by atoms with van der Waals surface area (Å²) in [6.45, 7) is 6.26. The minimum Gasteiger partial charge on any atom is -0.508 e.